The maximum atomic E-state index is 11.9. The average molecular weight is 275 g/mol. The van der Waals surface area contributed by atoms with Gasteiger partial charge in [-0.1, -0.05) is 0 Å². The number of aliphatic hydroxyl groups is 3. The van der Waals surface area contributed by atoms with Crippen molar-refractivity contribution in [3.05, 3.63) is 31.5 Å². The number of aromatic nitrogens is 3. The highest BCUT2D eigenvalue weighted by atomic mass is 16.3. The summed E-state index contributed by atoms with van der Waals surface area (Å²) in [6.45, 7) is -1.56. The summed E-state index contributed by atoms with van der Waals surface area (Å²) >= 11 is 0. The van der Waals surface area contributed by atoms with E-state index in [2.05, 4.69) is 0 Å². The molecule has 0 spiro atoms. The van der Waals surface area contributed by atoms with E-state index in [1.807, 2.05) is 0 Å². The summed E-state index contributed by atoms with van der Waals surface area (Å²) in [4.78, 5) is 35.7. The van der Waals surface area contributed by atoms with Crippen molar-refractivity contribution in [2.24, 2.45) is 0 Å². The van der Waals surface area contributed by atoms with Gasteiger partial charge < -0.3 is 15.3 Å². The van der Waals surface area contributed by atoms with E-state index in [1.165, 1.54) is 0 Å². The van der Waals surface area contributed by atoms with Crippen LogP contribution in [0.1, 0.15) is 6.42 Å². The van der Waals surface area contributed by atoms with Crippen molar-refractivity contribution >= 4 is 0 Å². The fourth-order valence-corrected chi connectivity index (χ4v) is 1.69. The molecule has 0 aliphatic rings. The maximum Gasteiger partial charge on any atom is 0.336 e. The van der Waals surface area contributed by atoms with Gasteiger partial charge in [0, 0.05) is 13.2 Å². The van der Waals surface area contributed by atoms with Crippen LogP contribution in [0.4, 0.5) is 0 Å². The second-order valence-electron chi connectivity index (χ2n) is 3.83. The van der Waals surface area contributed by atoms with Gasteiger partial charge in [-0.3, -0.25) is 0 Å². The Morgan fingerprint density at radius 2 is 1.00 bits per heavy atom. The van der Waals surface area contributed by atoms with Crippen molar-refractivity contribution < 1.29 is 15.3 Å². The van der Waals surface area contributed by atoms with Gasteiger partial charge in [-0.05, 0) is 6.42 Å². The summed E-state index contributed by atoms with van der Waals surface area (Å²) in [7, 11) is 0. The molecule has 19 heavy (non-hydrogen) atoms. The zero-order valence-corrected chi connectivity index (χ0v) is 10.4. The highest BCUT2D eigenvalue weighted by Crippen LogP contribution is 1.81. The highest BCUT2D eigenvalue weighted by Gasteiger charge is 2.14. The molecule has 0 bridgehead atoms. The third-order valence-corrected chi connectivity index (χ3v) is 2.57. The summed E-state index contributed by atoms with van der Waals surface area (Å²) in [6, 6.07) is 0. The molecule has 0 unspecified atom stereocenters. The molecule has 0 atom stereocenters. The molecule has 1 aromatic rings. The van der Waals surface area contributed by atoms with E-state index in [4.69, 9.17) is 15.3 Å². The van der Waals surface area contributed by atoms with Crippen molar-refractivity contribution in [2.75, 3.05) is 19.8 Å². The van der Waals surface area contributed by atoms with Crippen LogP contribution in [0.15, 0.2) is 14.4 Å². The Morgan fingerprint density at radius 1 is 0.632 bits per heavy atom. The molecule has 0 amide bonds. The molecule has 0 aromatic carbocycles. The Morgan fingerprint density at radius 3 is 1.32 bits per heavy atom. The van der Waals surface area contributed by atoms with E-state index in [0.717, 1.165) is 13.7 Å². The molecule has 0 radical (unpaired) electrons. The Labute approximate surface area is 107 Å². The number of hydrogen-bond acceptors (Lipinski definition) is 6. The lowest BCUT2D eigenvalue weighted by Crippen LogP contribution is -2.55. The van der Waals surface area contributed by atoms with E-state index in [9.17, 15) is 14.4 Å². The van der Waals surface area contributed by atoms with Crippen LogP contribution in [-0.2, 0) is 19.6 Å². The van der Waals surface area contributed by atoms with Crippen LogP contribution in [0, 0.1) is 0 Å². The van der Waals surface area contributed by atoms with E-state index in [-0.39, 0.29) is 32.7 Å². The lowest BCUT2D eigenvalue weighted by molar-refractivity contribution is 0.245. The van der Waals surface area contributed by atoms with Crippen LogP contribution in [0.25, 0.3) is 0 Å². The van der Waals surface area contributed by atoms with Crippen molar-refractivity contribution in [1.82, 2.24) is 13.7 Å². The predicted molar refractivity (Wildman–Crippen MR) is 65.1 cm³/mol. The minimum atomic E-state index is -0.863. The second kappa shape index (κ2) is 7.02. The van der Waals surface area contributed by atoms with Gasteiger partial charge in [-0.25, -0.2) is 28.1 Å². The van der Waals surface area contributed by atoms with Crippen LogP contribution in [0.5, 0.6) is 0 Å². The smallest absolute Gasteiger partial charge is 0.336 e. The lowest BCUT2D eigenvalue weighted by atomic mass is 10.4. The van der Waals surface area contributed by atoms with Crippen LogP contribution >= 0.6 is 0 Å². The molecule has 1 aromatic heterocycles. The zero-order valence-electron chi connectivity index (χ0n) is 10.4. The summed E-state index contributed by atoms with van der Waals surface area (Å²) in [5.41, 5.74) is -2.52. The topological polar surface area (TPSA) is 127 Å². The molecule has 3 N–H and O–H groups in total. The summed E-state index contributed by atoms with van der Waals surface area (Å²) in [6.07, 6.45) is 0.186. The quantitative estimate of drug-likeness (QED) is 0.475. The van der Waals surface area contributed by atoms with Gasteiger partial charge in [0.15, 0.2) is 0 Å². The first kappa shape index (κ1) is 15.3. The van der Waals surface area contributed by atoms with Gasteiger partial charge >= 0.3 is 17.1 Å². The molecule has 9 heteroatoms. The minimum Gasteiger partial charge on any atom is -0.396 e. The summed E-state index contributed by atoms with van der Waals surface area (Å²) in [5.74, 6) is 0. The molecule has 0 saturated heterocycles. The van der Waals surface area contributed by atoms with Crippen LogP contribution in [-0.4, -0.2) is 48.8 Å². The van der Waals surface area contributed by atoms with E-state index >= 15 is 0 Å². The molecule has 108 valence electrons. The maximum absolute atomic E-state index is 11.9. The fourth-order valence-electron chi connectivity index (χ4n) is 1.69. The Bertz CT molecular complexity index is 540. The Hall–Kier alpha value is -1.71. The van der Waals surface area contributed by atoms with Crippen molar-refractivity contribution in [3.8, 4) is 0 Å². The van der Waals surface area contributed by atoms with Gasteiger partial charge in [-0.2, -0.15) is 0 Å². The Balaban J connectivity index is 3.50. The third-order valence-electron chi connectivity index (χ3n) is 2.57. The molecular weight excluding hydrogens is 258 g/mol. The van der Waals surface area contributed by atoms with Crippen LogP contribution in [0.2, 0.25) is 0 Å². The number of aliphatic hydroxyl groups excluding tert-OH is 3. The minimum absolute atomic E-state index is 0.0364. The summed E-state index contributed by atoms with van der Waals surface area (Å²) < 4.78 is 2.27. The molecule has 1 rings (SSSR count). The fraction of sp³-hybridized carbons (Fsp3) is 0.700. The largest absolute Gasteiger partial charge is 0.396 e. The van der Waals surface area contributed by atoms with Crippen molar-refractivity contribution in [3.63, 3.8) is 0 Å². The Kier molecular flexibility index (Phi) is 5.67. The average Bonchev–Trinajstić information content (AvgIpc) is 2.40. The molecule has 0 fully saturated rings. The van der Waals surface area contributed by atoms with Crippen molar-refractivity contribution in [2.45, 2.75) is 26.1 Å². The zero-order chi connectivity index (χ0) is 14.4. The SMILES string of the molecule is O=c1n(CCO)c(=O)n(CCCO)c(=O)n1CCO. The number of hydrogen-bond donors (Lipinski definition) is 3. The number of nitrogens with zero attached hydrogens (tertiary/aromatic N) is 3. The van der Waals surface area contributed by atoms with Crippen molar-refractivity contribution in [1.29, 1.82) is 0 Å². The van der Waals surface area contributed by atoms with Gasteiger partial charge in [0.05, 0.1) is 26.3 Å². The molecular formula is C10H17N3O6. The van der Waals surface area contributed by atoms with Gasteiger partial charge in [0.25, 0.3) is 0 Å². The number of rotatable bonds is 7. The third kappa shape index (κ3) is 3.19. The van der Waals surface area contributed by atoms with E-state index < -0.39 is 30.3 Å². The molecule has 9 nitrogen and oxygen atoms in total. The van der Waals surface area contributed by atoms with Gasteiger partial charge in [0.1, 0.15) is 0 Å². The first-order valence-corrected chi connectivity index (χ1v) is 5.85. The monoisotopic (exact) mass is 275 g/mol. The molecule has 0 saturated carbocycles. The molecule has 1 heterocycles. The van der Waals surface area contributed by atoms with Gasteiger partial charge in [-0.15, -0.1) is 0 Å². The standard InChI is InChI=1S/C10H17N3O6/c14-5-1-2-11-8(17)12(3-6-15)10(19)13(4-7-16)9(11)18/h14-16H,1-7H2. The second-order valence-corrected chi connectivity index (χ2v) is 3.83. The molecule has 0 aliphatic heterocycles. The van der Waals surface area contributed by atoms with E-state index in [0.29, 0.717) is 0 Å². The van der Waals surface area contributed by atoms with Crippen LogP contribution < -0.4 is 17.1 Å². The highest BCUT2D eigenvalue weighted by molar-refractivity contribution is 4.79. The summed E-state index contributed by atoms with van der Waals surface area (Å²) in [5, 5.41) is 26.4. The lowest BCUT2D eigenvalue weighted by Gasteiger charge is -2.12. The van der Waals surface area contributed by atoms with Gasteiger partial charge in [0.2, 0.25) is 0 Å². The predicted octanol–water partition coefficient (Wildman–Crippen LogP) is -3.46. The molecule has 0 aliphatic carbocycles. The normalized spacial score (nSPS) is 10.9. The first-order valence-electron chi connectivity index (χ1n) is 5.85. The first-order chi connectivity index (χ1) is 9.08. The van der Waals surface area contributed by atoms with Crippen LogP contribution in [0.3, 0.4) is 0 Å². The van der Waals surface area contributed by atoms with E-state index in [1.54, 1.807) is 0 Å².